The van der Waals surface area contributed by atoms with E-state index in [2.05, 4.69) is 0 Å². The Morgan fingerprint density at radius 1 is 1.08 bits per heavy atom. The number of benzene rings is 2. The third-order valence-corrected chi connectivity index (χ3v) is 5.24. The van der Waals surface area contributed by atoms with E-state index in [0.717, 1.165) is 4.70 Å². The number of carboxylic acid groups (broad SMARTS) is 1. The van der Waals surface area contributed by atoms with Crippen molar-refractivity contribution in [3.05, 3.63) is 59.5 Å². The van der Waals surface area contributed by atoms with Crippen molar-refractivity contribution in [3.63, 3.8) is 0 Å². The van der Waals surface area contributed by atoms with Crippen LogP contribution < -0.4 is 4.18 Å². The highest BCUT2D eigenvalue weighted by molar-refractivity contribution is 7.87. The Morgan fingerprint density at radius 3 is 2.38 bits per heavy atom. The van der Waals surface area contributed by atoms with Gasteiger partial charge in [0.15, 0.2) is 0 Å². The van der Waals surface area contributed by atoms with Gasteiger partial charge in [0.05, 0.1) is 5.56 Å². The fraction of sp³-hybridized carbons (Fsp3) is 0.118. The highest BCUT2D eigenvalue weighted by Crippen LogP contribution is 2.30. The number of aromatic carboxylic acids is 1. The maximum atomic E-state index is 12.2. The van der Waals surface area contributed by atoms with E-state index in [1.54, 1.807) is 24.3 Å². The van der Waals surface area contributed by atoms with Crippen molar-refractivity contribution in [1.29, 1.82) is 0 Å². The predicted molar refractivity (Wildman–Crippen MR) is 94.4 cm³/mol. The second kappa shape index (κ2) is 7.46. The van der Waals surface area contributed by atoms with Crippen molar-refractivity contribution in [1.82, 2.24) is 0 Å². The summed E-state index contributed by atoms with van der Waals surface area (Å²) < 4.78 is 30.2. The molecule has 0 spiro atoms. The number of carboxylic acids is 1. The fourth-order valence-electron chi connectivity index (χ4n) is 1.99. The zero-order valence-corrected chi connectivity index (χ0v) is 14.7. The summed E-state index contributed by atoms with van der Waals surface area (Å²) in [6, 6.07) is 12.3. The van der Waals surface area contributed by atoms with Crippen LogP contribution in [0.25, 0.3) is 10.1 Å². The second-order valence-corrected chi connectivity index (χ2v) is 6.92. The summed E-state index contributed by atoms with van der Waals surface area (Å²) in [6.45, 7) is 4.00. The smallest absolute Gasteiger partial charge is 0.339 e. The van der Waals surface area contributed by atoms with Crippen LogP contribution in [0.3, 0.4) is 0 Å². The van der Waals surface area contributed by atoms with Crippen molar-refractivity contribution in [2.24, 2.45) is 0 Å². The molecule has 0 radical (unpaired) electrons. The summed E-state index contributed by atoms with van der Waals surface area (Å²) in [4.78, 5) is 11.2. The zero-order chi connectivity index (χ0) is 17.7. The third-order valence-electron chi connectivity index (χ3n) is 3.01. The summed E-state index contributed by atoms with van der Waals surface area (Å²) >= 11 is 1.28. The molecule has 7 heteroatoms. The Labute approximate surface area is 144 Å². The Hall–Kier alpha value is -2.38. The van der Waals surface area contributed by atoms with E-state index in [4.69, 9.17) is 9.29 Å². The minimum absolute atomic E-state index is 0.0406. The first kappa shape index (κ1) is 18.0. The van der Waals surface area contributed by atoms with E-state index in [0.29, 0.717) is 5.39 Å². The molecule has 5 nitrogen and oxygen atoms in total. The second-order valence-electron chi connectivity index (χ2n) is 4.46. The minimum Gasteiger partial charge on any atom is -0.478 e. The van der Waals surface area contributed by atoms with Crippen LogP contribution in [0.15, 0.2) is 58.8 Å². The van der Waals surface area contributed by atoms with Crippen LogP contribution in [0.4, 0.5) is 0 Å². The highest BCUT2D eigenvalue weighted by atomic mass is 32.2. The lowest BCUT2D eigenvalue weighted by Crippen LogP contribution is -2.09. The lowest BCUT2D eigenvalue weighted by atomic mass is 10.2. The molecule has 0 atom stereocenters. The van der Waals surface area contributed by atoms with E-state index in [1.807, 2.05) is 13.8 Å². The van der Waals surface area contributed by atoms with Crippen LogP contribution in [0.5, 0.6) is 5.75 Å². The molecular weight excluding hydrogens is 348 g/mol. The van der Waals surface area contributed by atoms with Gasteiger partial charge >= 0.3 is 16.1 Å². The van der Waals surface area contributed by atoms with E-state index in [-0.39, 0.29) is 16.2 Å². The van der Waals surface area contributed by atoms with Crippen molar-refractivity contribution in [3.8, 4) is 5.75 Å². The van der Waals surface area contributed by atoms with Crippen LogP contribution in [0.2, 0.25) is 0 Å². The van der Waals surface area contributed by atoms with E-state index in [9.17, 15) is 13.2 Å². The van der Waals surface area contributed by atoms with Crippen molar-refractivity contribution in [2.45, 2.75) is 18.7 Å². The van der Waals surface area contributed by atoms with E-state index < -0.39 is 16.1 Å². The molecule has 24 heavy (non-hydrogen) atoms. The van der Waals surface area contributed by atoms with Crippen molar-refractivity contribution in [2.75, 3.05) is 0 Å². The van der Waals surface area contributed by atoms with E-state index >= 15 is 0 Å². The molecule has 1 heterocycles. The fourth-order valence-corrected chi connectivity index (χ4v) is 3.85. The molecule has 0 bridgehead atoms. The Morgan fingerprint density at radius 2 is 1.75 bits per heavy atom. The molecule has 0 aliphatic rings. The maximum absolute atomic E-state index is 12.2. The van der Waals surface area contributed by atoms with Crippen LogP contribution in [-0.2, 0) is 10.1 Å². The van der Waals surface area contributed by atoms with Gasteiger partial charge in [0, 0.05) is 15.5 Å². The van der Waals surface area contributed by atoms with Crippen LogP contribution in [-0.4, -0.2) is 19.5 Å². The van der Waals surface area contributed by atoms with Crippen LogP contribution in [0.1, 0.15) is 24.2 Å². The molecule has 126 valence electrons. The SMILES string of the molecule is CC.O=C(O)c1csc2ccc(OS(=O)(=O)c3ccccc3)cc12. The number of fused-ring (bicyclic) bond motifs is 1. The monoisotopic (exact) mass is 364 g/mol. The minimum atomic E-state index is -3.94. The van der Waals surface area contributed by atoms with Gasteiger partial charge in [-0.2, -0.15) is 8.42 Å². The summed E-state index contributed by atoms with van der Waals surface area (Å²) in [5, 5.41) is 11.1. The van der Waals surface area contributed by atoms with Crippen LogP contribution >= 0.6 is 11.3 Å². The topological polar surface area (TPSA) is 80.7 Å². The molecule has 0 aliphatic carbocycles. The highest BCUT2D eigenvalue weighted by Gasteiger charge is 2.17. The Kier molecular flexibility index (Phi) is 5.58. The van der Waals surface area contributed by atoms with Gasteiger partial charge in [-0.05, 0) is 30.3 Å². The predicted octanol–water partition coefficient (Wildman–Crippen LogP) is 4.39. The first-order valence-electron chi connectivity index (χ1n) is 7.21. The van der Waals surface area contributed by atoms with Gasteiger partial charge in [-0.15, -0.1) is 11.3 Å². The molecule has 0 fully saturated rings. The molecular formula is C17H16O5S2. The molecule has 1 N–H and O–H groups in total. The Bertz CT molecular complexity index is 944. The van der Waals surface area contributed by atoms with E-state index in [1.165, 1.54) is 41.0 Å². The lowest BCUT2D eigenvalue weighted by Gasteiger charge is -2.07. The molecule has 3 aromatic rings. The van der Waals surface area contributed by atoms with Gasteiger partial charge in [0.1, 0.15) is 10.6 Å². The quantitative estimate of drug-likeness (QED) is 0.694. The number of thiophene rings is 1. The number of carbonyl (C=O) groups is 1. The standard InChI is InChI=1S/C15H10O5S2.C2H6/c16-15(17)13-9-21-14-7-6-10(8-12(13)14)20-22(18,19)11-4-2-1-3-5-11;1-2/h1-9H,(H,16,17);1-2H3. The first-order chi connectivity index (χ1) is 11.5. The van der Waals surface area contributed by atoms with Gasteiger partial charge in [-0.25, -0.2) is 4.79 Å². The average Bonchev–Trinajstić information content (AvgIpc) is 3.00. The molecule has 0 saturated heterocycles. The largest absolute Gasteiger partial charge is 0.478 e. The summed E-state index contributed by atoms with van der Waals surface area (Å²) in [7, 11) is -3.94. The van der Waals surface area contributed by atoms with Crippen molar-refractivity contribution >= 4 is 37.5 Å². The number of hydrogen-bond donors (Lipinski definition) is 1. The maximum Gasteiger partial charge on any atom is 0.339 e. The molecule has 0 aliphatic heterocycles. The Balaban J connectivity index is 0.00000100. The molecule has 0 unspecified atom stereocenters. The molecule has 2 aromatic carbocycles. The van der Waals surface area contributed by atoms with Crippen LogP contribution in [0, 0.1) is 0 Å². The normalized spacial score (nSPS) is 10.8. The van der Waals surface area contributed by atoms with Gasteiger partial charge < -0.3 is 9.29 Å². The van der Waals surface area contributed by atoms with Gasteiger partial charge in [0.25, 0.3) is 0 Å². The zero-order valence-electron chi connectivity index (χ0n) is 13.1. The number of hydrogen-bond acceptors (Lipinski definition) is 5. The first-order valence-corrected chi connectivity index (χ1v) is 9.50. The molecule has 0 amide bonds. The lowest BCUT2D eigenvalue weighted by molar-refractivity contribution is 0.0699. The van der Waals surface area contributed by atoms with Gasteiger partial charge in [-0.3, -0.25) is 0 Å². The van der Waals surface area contributed by atoms with Gasteiger partial charge in [-0.1, -0.05) is 32.0 Å². The molecule has 1 aromatic heterocycles. The third kappa shape index (κ3) is 3.74. The van der Waals surface area contributed by atoms with Gasteiger partial charge in [0.2, 0.25) is 0 Å². The summed E-state index contributed by atoms with van der Waals surface area (Å²) in [5.74, 6) is -0.980. The summed E-state index contributed by atoms with van der Waals surface area (Å²) in [5.41, 5.74) is 0.127. The number of rotatable bonds is 4. The average molecular weight is 364 g/mol. The summed E-state index contributed by atoms with van der Waals surface area (Å²) in [6.07, 6.45) is 0. The van der Waals surface area contributed by atoms with Crippen molar-refractivity contribution < 1.29 is 22.5 Å². The molecule has 3 rings (SSSR count). The molecule has 0 saturated carbocycles.